The van der Waals surface area contributed by atoms with Crippen molar-refractivity contribution in [3.05, 3.63) is 59.7 Å². The number of aliphatic hydroxyl groups is 1. The van der Waals surface area contributed by atoms with E-state index in [-0.39, 0.29) is 12.0 Å². The number of rotatable bonds is 6. The second-order valence-corrected chi connectivity index (χ2v) is 7.60. The fourth-order valence-corrected chi connectivity index (χ4v) is 3.82. The molecule has 0 radical (unpaired) electrons. The van der Waals surface area contributed by atoms with E-state index in [1.165, 1.54) is 0 Å². The lowest BCUT2D eigenvalue weighted by Crippen LogP contribution is -2.27. The molecule has 0 saturated carbocycles. The first kappa shape index (κ1) is 19.4. The molecule has 152 valence electrons. The van der Waals surface area contributed by atoms with Gasteiger partial charge in [-0.25, -0.2) is 0 Å². The molecule has 2 N–H and O–H groups in total. The molecule has 4 rings (SSSR count). The van der Waals surface area contributed by atoms with Gasteiger partial charge in [-0.05, 0) is 17.5 Å². The molecule has 1 aromatic carbocycles. The first-order valence-corrected chi connectivity index (χ1v) is 9.77. The molecule has 1 amide bonds. The quantitative estimate of drug-likeness (QED) is 0.658. The maximum Gasteiger partial charge on any atom is 0.272 e. The van der Waals surface area contributed by atoms with Gasteiger partial charge in [-0.1, -0.05) is 24.3 Å². The van der Waals surface area contributed by atoms with Crippen LogP contribution in [0.3, 0.4) is 0 Å². The number of amides is 1. The van der Waals surface area contributed by atoms with E-state index < -0.39 is 0 Å². The zero-order chi connectivity index (χ0) is 20.4. The summed E-state index contributed by atoms with van der Waals surface area (Å²) in [5.74, 6) is -0.193. The van der Waals surface area contributed by atoms with Crippen LogP contribution in [0.2, 0.25) is 0 Å². The molecule has 0 spiro atoms. The minimum atomic E-state index is -0.284. The number of nitrogens with zero attached hydrogens (tertiary/aromatic N) is 5. The Morgan fingerprint density at radius 3 is 2.76 bits per heavy atom. The molecular weight excluding hydrogens is 368 g/mol. The molecule has 1 saturated heterocycles. The van der Waals surface area contributed by atoms with Crippen molar-refractivity contribution >= 4 is 5.91 Å². The van der Waals surface area contributed by atoms with E-state index in [2.05, 4.69) is 20.4 Å². The van der Waals surface area contributed by atoms with Crippen molar-refractivity contribution in [3.8, 4) is 11.1 Å². The van der Waals surface area contributed by atoms with Gasteiger partial charge in [0.15, 0.2) is 5.69 Å². The zero-order valence-corrected chi connectivity index (χ0v) is 16.7. The summed E-state index contributed by atoms with van der Waals surface area (Å²) in [6, 6.07) is 7.98. The van der Waals surface area contributed by atoms with Crippen molar-refractivity contribution in [2.45, 2.75) is 25.6 Å². The Bertz CT molecular complexity index is 1010. The first-order valence-electron chi connectivity index (χ1n) is 9.77. The number of carbonyl (C=O) groups excluding carboxylic acids is 1. The first-order chi connectivity index (χ1) is 14.0. The van der Waals surface area contributed by atoms with Gasteiger partial charge in [0.05, 0.1) is 12.3 Å². The molecular formula is C21H26N6O2. The number of β-amino-alcohol motifs (C(OH)–C–C–N with tert-alkyl or cyclic N) is 1. The van der Waals surface area contributed by atoms with Crippen LogP contribution in [0, 0.1) is 0 Å². The van der Waals surface area contributed by atoms with E-state index in [1.807, 2.05) is 57.0 Å². The lowest BCUT2D eigenvalue weighted by molar-refractivity contribution is 0.0943. The van der Waals surface area contributed by atoms with Crippen LogP contribution in [-0.2, 0) is 27.2 Å². The van der Waals surface area contributed by atoms with Gasteiger partial charge in [-0.15, -0.1) is 0 Å². The van der Waals surface area contributed by atoms with Crippen molar-refractivity contribution in [1.82, 2.24) is 29.8 Å². The minimum absolute atomic E-state index is 0.193. The summed E-state index contributed by atoms with van der Waals surface area (Å²) >= 11 is 0. The third-order valence-corrected chi connectivity index (χ3v) is 5.23. The Kier molecular flexibility index (Phi) is 5.46. The molecule has 8 nitrogen and oxygen atoms in total. The van der Waals surface area contributed by atoms with Gasteiger partial charge in [-0.2, -0.15) is 10.2 Å². The highest BCUT2D eigenvalue weighted by molar-refractivity contribution is 5.93. The minimum Gasteiger partial charge on any atom is -0.392 e. The maximum atomic E-state index is 12.9. The molecule has 29 heavy (non-hydrogen) atoms. The molecule has 1 aliphatic heterocycles. The number of likely N-dealkylation sites (tertiary alicyclic amines) is 1. The van der Waals surface area contributed by atoms with E-state index >= 15 is 0 Å². The number of aryl methyl sites for hydroxylation is 2. The number of aromatic nitrogens is 4. The van der Waals surface area contributed by atoms with Gasteiger partial charge in [0.2, 0.25) is 0 Å². The summed E-state index contributed by atoms with van der Waals surface area (Å²) in [6.45, 7) is 2.48. The van der Waals surface area contributed by atoms with Crippen LogP contribution in [0.1, 0.15) is 28.0 Å². The van der Waals surface area contributed by atoms with Crippen LogP contribution in [0.15, 0.2) is 42.9 Å². The monoisotopic (exact) mass is 394 g/mol. The molecule has 1 aliphatic rings. The smallest absolute Gasteiger partial charge is 0.272 e. The average Bonchev–Trinajstić information content (AvgIpc) is 3.41. The number of carbonyl (C=O) groups is 1. The predicted molar refractivity (Wildman–Crippen MR) is 109 cm³/mol. The Hall–Kier alpha value is -2.97. The summed E-state index contributed by atoms with van der Waals surface area (Å²) < 4.78 is 3.43. The van der Waals surface area contributed by atoms with Gasteiger partial charge in [0, 0.05) is 63.8 Å². The summed E-state index contributed by atoms with van der Waals surface area (Å²) in [5, 5.41) is 21.4. The average molecular weight is 394 g/mol. The maximum absolute atomic E-state index is 12.9. The fourth-order valence-electron chi connectivity index (χ4n) is 3.82. The molecule has 2 aromatic heterocycles. The third-order valence-electron chi connectivity index (χ3n) is 5.23. The van der Waals surface area contributed by atoms with Crippen molar-refractivity contribution in [1.29, 1.82) is 0 Å². The Morgan fingerprint density at radius 2 is 2.03 bits per heavy atom. The number of nitrogens with one attached hydrogen (secondary N) is 1. The molecule has 8 heteroatoms. The van der Waals surface area contributed by atoms with Gasteiger partial charge in [0.25, 0.3) is 5.91 Å². The van der Waals surface area contributed by atoms with Crippen LogP contribution in [0.5, 0.6) is 0 Å². The second-order valence-electron chi connectivity index (χ2n) is 7.60. The summed E-state index contributed by atoms with van der Waals surface area (Å²) in [4.78, 5) is 15.0. The number of benzene rings is 1. The Labute approximate surface area is 169 Å². The summed E-state index contributed by atoms with van der Waals surface area (Å²) in [5.41, 5.74) is 4.40. The van der Waals surface area contributed by atoms with E-state index in [0.29, 0.717) is 25.3 Å². The lowest BCUT2D eigenvalue weighted by Gasteiger charge is -2.14. The number of hydrogen-bond acceptors (Lipinski definition) is 5. The second kappa shape index (κ2) is 8.18. The van der Waals surface area contributed by atoms with Crippen molar-refractivity contribution in [3.63, 3.8) is 0 Å². The van der Waals surface area contributed by atoms with E-state index in [9.17, 15) is 9.90 Å². The largest absolute Gasteiger partial charge is 0.392 e. The predicted octanol–water partition coefficient (Wildman–Crippen LogP) is 1.32. The van der Waals surface area contributed by atoms with Crippen LogP contribution >= 0.6 is 0 Å². The van der Waals surface area contributed by atoms with Crippen molar-refractivity contribution in [2.75, 3.05) is 13.1 Å². The van der Waals surface area contributed by atoms with Gasteiger partial charge >= 0.3 is 0 Å². The molecule has 3 heterocycles. The molecule has 0 aliphatic carbocycles. The van der Waals surface area contributed by atoms with E-state index in [4.69, 9.17) is 0 Å². The Morgan fingerprint density at radius 1 is 1.21 bits per heavy atom. The fraction of sp³-hybridized carbons (Fsp3) is 0.381. The van der Waals surface area contributed by atoms with Crippen LogP contribution in [0.25, 0.3) is 11.1 Å². The molecule has 0 bridgehead atoms. The lowest BCUT2D eigenvalue weighted by atomic mass is 10.0. The van der Waals surface area contributed by atoms with Crippen LogP contribution in [0.4, 0.5) is 0 Å². The summed E-state index contributed by atoms with van der Waals surface area (Å²) in [6.07, 6.45) is 6.15. The molecule has 1 atom stereocenters. The third kappa shape index (κ3) is 4.38. The topological polar surface area (TPSA) is 88.2 Å². The van der Waals surface area contributed by atoms with Gasteiger partial charge in [-0.3, -0.25) is 19.1 Å². The highest BCUT2D eigenvalue weighted by Gasteiger charge is 2.24. The molecule has 1 unspecified atom stereocenters. The highest BCUT2D eigenvalue weighted by Crippen LogP contribution is 2.23. The zero-order valence-electron chi connectivity index (χ0n) is 16.7. The molecule has 3 aromatic rings. The van der Waals surface area contributed by atoms with E-state index in [1.54, 1.807) is 9.36 Å². The van der Waals surface area contributed by atoms with Crippen LogP contribution < -0.4 is 5.32 Å². The highest BCUT2D eigenvalue weighted by atomic mass is 16.3. The summed E-state index contributed by atoms with van der Waals surface area (Å²) in [7, 11) is 3.70. The van der Waals surface area contributed by atoms with Crippen molar-refractivity contribution < 1.29 is 9.90 Å². The Balaban J connectivity index is 1.47. The number of aliphatic hydroxyl groups excluding tert-OH is 1. The van der Waals surface area contributed by atoms with Gasteiger partial charge in [0.1, 0.15) is 0 Å². The van der Waals surface area contributed by atoms with Crippen molar-refractivity contribution in [2.24, 2.45) is 14.1 Å². The van der Waals surface area contributed by atoms with Crippen LogP contribution in [-0.4, -0.2) is 54.7 Å². The normalized spacial score (nSPS) is 17.0. The van der Waals surface area contributed by atoms with E-state index in [0.717, 1.165) is 35.2 Å². The van der Waals surface area contributed by atoms with Gasteiger partial charge < -0.3 is 10.4 Å². The standard InChI is InChI=1S/C21H26N6O2/c1-25-11-16(10-23-25)19-6-4-3-5-15(19)9-22-21(29)20-17(12-26(2)24-20)13-27-8-7-18(28)14-27/h3-6,10-12,18,28H,7-9,13-14H2,1-2H3,(H,22,29). The molecule has 1 fully saturated rings. The SMILES string of the molecule is Cn1cc(-c2ccccc2CNC(=O)c2nn(C)cc2CN2CCC(O)C2)cn1. The number of hydrogen-bond donors (Lipinski definition) is 2.